The minimum absolute atomic E-state index is 0.0303. The molecule has 3 unspecified atom stereocenters. The molecule has 5 heteroatoms. The second-order valence-electron chi connectivity index (χ2n) is 9.13. The number of fused-ring (bicyclic) bond motifs is 1. The molecule has 30 heavy (non-hydrogen) atoms. The van der Waals surface area contributed by atoms with E-state index in [4.69, 9.17) is 14.7 Å². The summed E-state index contributed by atoms with van der Waals surface area (Å²) in [7, 11) is 1.49. The normalized spacial score (nSPS) is 28.6. The maximum Gasteiger partial charge on any atom is 0.308 e. The van der Waals surface area contributed by atoms with E-state index in [0.29, 0.717) is 11.8 Å². The molecule has 0 saturated heterocycles. The molecule has 1 aromatic carbocycles. The minimum atomic E-state index is -0.0669. The number of esters is 1. The number of carbonyl (C=O) groups is 1. The topological polar surface area (TPSA) is 63.0 Å². The summed E-state index contributed by atoms with van der Waals surface area (Å²) >= 11 is 0. The Morgan fingerprint density at radius 3 is 2.83 bits per heavy atom. The lowest BCUT2D eigenvalue weighted by Gasteiger charge is -2.25. The highest BCUT2D eigenvalue weighted by atomic mass is 16.5. The van der Waals surface area contributed by atoms with E-state index in [1.807, 2.05) is 0 Å². The number of amidine groups is 1. The summed E-state index contributed by atoms with van der Waals surface area (Å²) in [5.41, 5.74) is 4.89. The van der Waals surface area contributed by atoms with Crippen LogP contribution in [0.2, 0.25) is 0 Å². The molecule has 0 aromatic heterocycles. The summed E-state index contributed by atoms with van der Waals surface area (Å²) in [6.45, 7) is 0. The Morgan fingerprint density at radius 2 is 2.00 bits per heavy atom. The predicted molar refractivity (Wildman–Crippen MR) is 120 cm³/mol. The van der Waals surface area contributed by atoms with Gasteiger partial charge in [0, 0.05) is 22.9 Å². The molecule has 2 fully saturated rings. The molecule has 3 atom stereocenters. The Balaban J connectivity index is 1.33. The number of hydrogen-bond donors (Lipinski definition) is 1. The summed E-state index contributed by atoms with van der Waals surface area (Å²) in [5, 5.41) is 3.69. The van der Waals surface area contributed by atoms with Crippen LogP contribution in [0.4, 0.5) is 5.69 Å². The lowest BCUT2D eigenvalue weighted by Crippen LogP contribution is -2.30. The van der Waals surface area contributed by atoms with Crippen LogP contribution in [0.15, 0.2) is 45.9 Å². The van der Waals surface area contributed by atoms with E-state index in [0.717, 1.165) is 43.6 Å². The van der Waals surface area contributed by atoms with Crippen LogP contribution >= 0.6 is 0 Å². The fourth-order valence-electron chi connectivity index (χ4n) is 5.58. The maximum absolute atomic E-state index is 11.9. The summed E-state index contributed by atoms with van der Waals surface area (Å²) in [6.07, 6.45) is 12.2. The first-order valence-electron chi connectivity index (χ1n) is 11.5. The van der Waals surface area contributed by atoms with Crippen molar-refractivity contribution < 1.29 is 9.53 Å². The van der Waals surface area contributed by atoms with Crippen molar-refractivity contribution >= 4 is 23.2 Å². The number of allylic oxidation sites excluding steroid dienone is 1. The van der Waals surface area contributed by atoms with Crippen molar-refractivity contribution in [2.45, 2.75) is 69.9 Å². The third-order valence-electron chi connectivity index (χ3n) is 7.23. The summed E-state index contributed by atoms with van der Waals surface area (Å²) in [5.74, 6) is 1.98. The molecule has 5 nitrogen and oxygen atoms in total. The van der Waals surface area contributed by atoms with Crippen molar-refractivity contribution in [1.29, 1.82) is 0 Å². The van der Waals surface area contributed by atoms with Gasteiger partial charge in [-0.3, -0.25) is 4.79 Å². The van der Waals surface area contributed by atoms with Crippen LogP contribution in [0.3, 0.4) is 0 Å². The second kappa shape index (κ2) is 8.37. The SMILES string of the molecule is COC(=O)C1CCC(c2cccc(NC3N=C(C4CCCC4)N=C4CCC=C43)c2)C1. The van der Waals surface area contributed by atoms with E-state index in [2.05, 4.69) is 35.7 Å². The van der Waals surface area contributed by atoms with Crippen molar-refractivity contribution in [3.05, 3.63) is 41.5 Å². The van der Waals surface area contributed by atoms with Gasteiger partial charge < -0.3 is 10.1 Å². The van der Waals surface area contributed by atoms with E-state index in [9.17, 15) is 4.79 Å². The highest BCUT2D eigenvalue weighted by Gasteiger charge is 2.33. The number of methoxy groups -OCH3 is 1. The summed E-state index contributed by atoms with van der Waals surface area (Å²) < 4.78 is 4.95. The Morgan fingerprint density at radius 1 is 1.13 bits per heavy atom. The summed E-state index contributed by atoms with van der Waals surface area (Å²) in [6, 6.07) is 8.68. The number of carbonyl (C=O) groups excluding carboxylic acids is 1. The van der Waals surface area contributed by atoms with Gasteiger partial charge in [0.2, 0.25) is 0 Å². The van der Waals surface area contributed by atoms with Crippen LogP contribution in [0, 0.1) is 11.8 Å². The van der Waals surface area contributed by atoms with Crippen molar-refractivity contribution in [1.82, 2.24) is 0 Å². The van der Waals surface area contributed by atoms with Gasteiger partial charge in [-0.2, -0.15) is 0 Å². The Kier molecular flexibility index (Phi) is 5.45. The monoisotopic (exact) mass is 405 g/mol. The van der Waals surface area contributed by atoms with Crippen LogP contribution in [0.1, 0.15) is 69.3 Å². The summed E-state index contributed by atoms with van der Waals surface area (Å²) in [4.78, 5) is 21.9. The molecule has 2 saturated carbocycles. The zero-order valence-corrected chi connectivity index (χ0v) is 17.8. The highest BCUT2D eigenvalue weighted by Crippen LogP contribution is 2.40. The van der Waals surface area contributed by atoms with Gasteiger partial charge in [-0.25, -0.2) is 9.98 Å². The van der Waals surface area contributed by atoms with Gasteiger partial charge in [0.25, 0.3) is 0 Å². The Bertz CT molecular complexity index is 911. The first-order valence-corrected chi connectivity index (χ1v) is 11.5. The van der Waals surface area contributed by atoms with E-state index in [1.165, 1.54) is 49.6 Å². The largest absolute Gasteiger partial charge is 0.469 e. The van der Waals surface area contributed by atoms with Crippen LogP contribution in [-0.2, 0) is 9.53 Å². The van der Waals surface area contributed by atoms with Crippen LogP contribution in [0.25, 0.3) is 0 Å². The second-order valence-corrected chi connectivity index (χ2v) is 9.13. The van der Waals surface area contributed by atoms with Gasteiger partial charge in [-0.1, -0.05) is 31.1 Å². The molecule has 5 rings (SSSR count). The zero-order valence-electron chi connectivity index (χ0n) is 17.8. The molecule has 0 spiro atoms. The number of anilines is 1. The Hall–Kier alpha value is -2.43. The lowest BCUT2D eigenvalue weighted by atomic mass is 9.95. The third kappa shape index (κ3) is 3.82. The quantitative estimate of drug-likeness (QED) is 0.681. The van der Waals surface area contributed by atoms with E-state index in [1.54, 1.807) is 0 Å². The number of aliphatic imine (C=N–C) groups is 2. The van der Waals surface area contributed by atoms with Gasteiger partial charge in [-0.15, -0.1) is 0 Å². The van der Waals surface area contributed by atoms with Crippen LogP contribution < -0.4 is 5.32 Å². The molecule has 0 bridgehead atoms. The molecular formula is C25H31N3O2. The number of hydrogen-bond acceptors (Lipinski definition) is 5. The van der Waals surface area contributed by atoms with Crippen LogP contribution in [0.5, 0.6) is 0 Å². The molecular weight excluding hydrogens is 374 g/mol. The van der Waals surface area contributed by atoms with Crippen molar-refractivity contribution in [2.24, 2.45) is 21.8 Å². The van der Waals surface area contributed by atoms with E-state index in [-0.39, 0.29) is 18.1 Å². The van der Waals surface area contributed by atoms with Gasteiger partial charge >= 0.3 is 5.97 Å². The van der Waals surface area contributed by atoms with Crippen LogP contribution in [-0.4, -0.2) is 30.8 Å². The molecule has 3 aliphatic carbocycles. The van der Waals surface area contributed by atoms with E-state index < -0.39 is 0 Å². The Labute approximate surface area is 178 Å². The molecule has 0 amide bonds. The third-order valence-corrected chi connectivity index (χ3v) is 7.23. The van der Waals surface area contributed by atoms with Gasteiger partial charge in [0.05, 0.1) is 13.0 Å². The minimum Gasteiger partial charge on any atom is -0.469 e. The first-order chi connectivity index (χ1) is 14.7. The predicted octanol–water partition coefficient (Wildman–Crippen LogP) is 5.24. The molecule has 1 heterocycles. The van der Waals surface area contributed by atoms with Crippen molar-refractivity contribution in [3.63, 3.8) is 0 Å². The maximum atomic E-state index is 11.9. The molecule has 1 aromatic rings. The fraction of sp³-hybridized carbons (Fsp3) is 0.560. The van der Waals surface area contributed by atoms with Gasteiger partial charge in [0.1, 0.15) is 12.0 Å². The molecule has 1 N–H and O–H groups in total. The standard InChI is InChI=1S/C25H31N3O2/c1-30-25(29)19-13-12-18(14-19)17-8-4-9-20(15-17)26-24-21-10-5-11-22(21)27-23(28-24)16-6-2-3-7-16/h4,8-10,15-16,18-19,24,26H,2-3,5-7,11-14H2,1H3. The molecule has 158 valence electrons. The molecule has 4 aliphatic rings. The first kappa shape index (κ1) is 19.5. The van der Waals surface area contributed by atoms with Crippen molar-refractivity contribution in [3.8, 4) is 0 Å². The van der Waals surface area contributed by atoms with Gasteiger partial charge in [-0.05, 0) is 68.6 Å². The van der Waals surface area contributed by atoms with E-state index >= 15 is 0 Å². The van der Waals surface area contributed by atoms with Crippen molar-refractivity contribution in [2.75, 3.05) is 12.4 Å². The zero-order chi connectivity index (χ0) is 20.5. The average molecular weight is 406 g/mol. The number of nitrogens with zero attached hydrogens (tertiary/aromatic N) is 2. The average Bonchev–Trinajstić information content (AvgIpc) is 3.54. The highest BCUT2D eigenvalue weighted by molar-refractivity contribution is 6.12. The number of rotatable bonds is 5. The number of benzene rings is 1. The number of ether oxygens (including phenoxy) is 1. The molecule has 0 radical (unpaired) electrons. The fourth-order valence-corrected chi connectivity index (χ4v) is 5.58. The molecule has 1 aliphatic heterocycles. The smallest absolute Gasteiger partial charge is 0.308 e. The lowest BCUT2D eigenvalue weighted by molar-refractivity contribution is -0.145. The number of nitrogens with one attached hydrogen (secondary N) is 1. The van der Waals surface area contributed by atoms with Gasteiger partial charge in [0.15, 0.2) is 0 Å².